The largest absolute Gasteiger partial charge is 0.361 e. The molecule has 0 amide bonds. The molecular formula is C18H21NO. The highest BCUT2D eigenvalue weighted by atomic mass is 16.1. The first-order valence-electron chi connectivity index (χ1n) is 7.49. The summed E-state index contributed by atoms with van der Waals surface area (Å²) in [4.78, 5) is 15.5. The van der Waals surface area contributed by atoms with Gasteiger partial charge in [-0.1, -0.05) is 36.8 Å². The molecule has 1 aromatic carbocycles. The van der Waals surface area contributed by atoms with Crippen molar-refractivity contribution in [2.75, 3.05) is 0 Å². The molecule has 0 bridgehead atoms. The number of para-hydroxylation sites is 1. The fourth-order valence-electron chi connectivity index (χ4n) is 3.18. The highest BCUT2D eigenvalue weighted by Gasteiger charge is 2.16. The predicted molar refractivity (Wildman–Crippen MR) is 82.9 cm³/mol. The Morgan fingerprint density at radius 2 is 2.20 bits per heavy atom. The van der Waals surface area contributed by atoms with E-state index in [-0.39, 0.29) is 5.92 Å². The summed E-state index contributed by atoms with van der Waals surface area (Å²) in [7, 11) is 0. The molecule has 0 spiro atoms. The number of rotatable bonds is 5. The summed E-state index contributed by atoms with van der Waals surface area (Å²) in [6, 6.07) is 8.29. The third kappa shape index (κ3) is 2.69. The van der Waals surface area contributed by atoms with Crippen molar-refractivity contribution in [3.8, 4) is 0 Å². The van der Waals surface area contributed by atoms with Gasteiger partial charge in [-0.05, 0) is 36.8 Å². The van der Waals surface area contributed by atoms with E-state index in [0.717, 1.165) is 18.4 Å². The summed E-state index contributed by atoms with van der Waals surface area (Å²) in [5, 5.41) is 1.24. The van der Waals surface area contributed by atoms with Crippen molar-refractivity contribution >= 4 is 16.7 Å². The minimum Gasteiger partial charge on any atom is -0.361 e. The van der Waals surface area contributed by atoms with Gasteiger partial charge in [-0.2, -0.15) is 0 Å². The molecule has 2 nitrogen and oxygen atoms in total. The zero-order valence-electron chi connectivity index (χ0n) is 12.0. The minimum atomic E-state index is 0.278. The lowest BCUT2D eigenvalue weighted by atomic mass is 9.93. The van der Waals surface area contributed by atoms with E-state index >= 15 is 0 Å². The van der Waals surface area contributed by atoms with Crippen molar-refractivity contribution in [2.24, 2.45) is 0 Å². The molecule has 1 N–H and O–H groups in total. The summed E-state index contributed by atoms with van der Waals surface area (Å²) in [5.41, 5.74) is 3.76. The zero-order valence-corrected chi connectivity index (χ0v) is 12.0. The maximum Gasteiger partial charge on any atom is 0.137 e. The van der Waals surface area contributed by atoms with E-state index < -0.39 is 0 Å². The average Bonchev–Trinajstić information content (AvgIpc) is 3.07. The summed E-state index contributed by atoms with van der Waals surface area (Å²) >= 11 is 0. The van der Waals surface area contributed by atoms with Gasteiger partial charge in [-0.25, -0.2) is 0 Å². The molecule has 2 heteroatoms. The second-order valence-corrected chi connectivity index (χ2v) is 5.86. The topological polar surface area (TPSA) is 32.9 Å². The molecule has 2 aromatic rings. The first-order chi connectivity index (χ1) is 9.74. The Morgan fingerprint density at radius 1 is 1.35 bits per heavy atom. The molecule has 104 valence electrons. The van der Waals surface area contributed by atoms with Crippen molar-refractivity contribution in [1.29, 1.82) is 0 Å². The molecule has 1 atom stereocenters. The lowest BCUT2D eigenvalue weighted by Crippen LogP contribution is -2.05. The maximum atomic E-state index is 12.2. The van der Waals surface area contributed by atoms with Gasteiger partial charge in [0.05, 0.1) is 0 Å². The Morgan fingerprint density at radius 3 is 3.00 bits per heavy atom. The predicted octanol–water partition coefficient (Wildman–Crippen LogP) is 4.73. The highest BCUT2D eigenvalue weighted by Crippen LogP contribution is 2.29. The van der Waals surface area contributed by atoms with Gasteiger partial charge >= 0.3 is 0 Å². The standard InChI is InChI=1S/C18H21NO/c1-13(10-15(20)11-14-6-2-3-7-14)17-12-19-18-9-5-4-8-16(17)18/h4-6,8-9,12-13,19H,2-3,7,10-11H2,1H3. The molecule has 1 aliphatic carbocycles. The van der Waals surface area contributed by atoms with Crippen LogP contribution in [0.15, 0.2) is 42.1 Å². The Kier molecular flexibility index (Phi) is 3.72. The number of hydrogen-bond acceptors (Lipinski definition) is 1. The van der Waals surface area contributed by atoms with Crippen LogP contribution in [-0.4, -0.2) is 10.8 Å². The van der Waals surface area contributed by atoms with Gasteiger partial charge in [0.25, 0.3) is 0 Å². The van der Waals surface area contributed by atoms with Crippen molar-refractivity contribution in [1.82, 2.24) is 4.98 Å². The Labute approximate surface area is 119 Å². The van der Waals surface area contributed by atoms with Gasteiger partial charge in [-0.15, -0.1) is 0 Å². The number of Topliss-reactive ketones (excluding diaryl/α,β-unsaturated/α-hetero) is 1. The number of H-pyrrole nitrogens is 1. The van der Waals surface area contributed by atoms with Gasteiger partial charge < -0.3 is 4.98 Å². The normalized spacial score (nSPS) is 16.4. The minimum absolute atomic E-state index is 0.278. The fourth-order valence-corrected chi connectivity index (χ4v) is 3.18. The molecule has 1 unspecified atom stereocenters. The molecule has 20 heavy (non-hydrogen) atoms. The van der Waals surface area contributed by atoms with E-state index in [1.54, 1.807) is 0 Å². The summed E-state index contributed by atoms with van der Waals surface area (Å²) in [6.45, 7) is 2.15. The number of allylic oxidation sites excluding steroid dienone is 2. The lowest BCUT2D eigenvalue weighted by molar-refractivity contribution is -0.118. The van der Waals surface area contributed by atoms with Crippen LogP contribution in [-0.2, 0) is 4.79 Å². The molecular weight excluding hydrogens is 246 g/mol. The van der Waals surface area contributed by atoms with Crippen molar-refractivity contribution in [3.63, 3.8) is 0 Å². The number of fused-ring (bicyclic) bond motifs is 1. The molecule has 3 rings (SSSR count). The van der Waals surface area contributed by atoms with E-state index in [4.69, 9.17) is 0 Å². The quantitative estimate of drug-likeness (QED) is 0.780. The molecule has 0 fully saturated rings. The fraction of sp³-hybridized carbons (Fsp3) is 0.389. The number of aromatic nitrogens is 1. The number of ketones is 1. The van der Waals surface area contributed by atoms with Crippen LogP contribution < -0.4 is 0 Å². The van der Waals surface area contributed by atoms with Crippen LogP contribution in [0.2, 0.25) is 0 Å². The maximum absolute atomic E-state index is 12.2. The number of aromatic amines is 1. The molecule has 0 saturated carbocycles. The van der Waals surface area contributed by atoms with E-state index in [0.29, 0.717) is 18.6 Å². The molecule has 0 aliphatic heterocycles. The second-order valence-electron chi connectivity index (χ2n) is 5.86. The number of benzene rings is 1. The van der Waals surface area contributed by atoms with E-state index in [1.807, 2.05) is 6.07 Å². The van der Waals surface area contributed by atoms with Crippen molar-refractivity contribution in [2.45, 2.75) is 44.9 Å². The van der Waals surface area contributed by atoms with Gasteiger partial charge in [-0.3, -0.25) is 4.79 Å². The summed E-state index contributed by atoms with van der Waals surface area (Å²) < 4.78 is 0. The summed E-state index contributed by atoms with van der Waals surface area (Å²) in [5.74, 6) is 0.650. The first-order valence-corrected chi connectivity index (χ1v) is 7.49. The summed E-state index contributed by atoms with van der Waals surface area (Å²) in [6.07, 6.45) is 9.09. The second kappa shape index (κ2) is 5.66. The van der Waals surface area contributed by atoms with Gasteiger partial charge in [0, 0.05) is 29.9 Å². The molecule has 0 saturated heterocycles. The highest BCUT2D eigenvalue weighted by molar-refractivity contribution is 5.86. The molecule has 1 heterocycles. The number of hydrogen-bond donors (Lipinski definition) is 1. The van der Waals surface area contributed by atoms with Crippen LogP contribution in [0.1, 0.15) is 50.5 Å². The van der Waals surface area contributed by atoms with Crippen molar-refractivity contribution < 1.29 is 4.79 Å². The lowest BCUT2D eigenvalue weighted by Gasteiger charge is -2.10. The third-order valence-electron chi connectivity index (χ3n) is 4.25. The van der Waals surface area contributed by atoms with Crippen LogP contribution in [0.5, 0.6) is 0 Å². The van der Waals surface area contributed by atoms with Gasteiger partial charge in [0.2, 0.25) is 0 Å². The first kappa shape index (κ1) is 13.2. The van der Waals surface area contributed by atoms with E-state index in [2.05, 4.69) is 42.4 Å². The number of carbonyl (C=O) groups excluding carboxylic acids is 1. The average molecular weight is 267 g/mol. The van der Waals surface area contributed by atoms with Crippen LogP contribution in [0, 0.1) is 0 Å². The molecule has 1 aromatic heterocycles. The van der Waals surface area contributed by atoms with Crippen molar-refractivity contribution in [3.05, 3.63) is 47.7 Å². The van der Waals surface area contributed by atoms with E-state index in [9.17, 15) is 4.79 Å². The smallest absolute Gasteiger partial charge is 0.137 e. The molecule has 1 aliphatic rings. The van der Waals surface area contributed by atoms with E-state index in [1.165, 1.54) is 22.9 Å². The van der Waals surface area contributed by atoms with Crippen LogP contribution in [0.3, 0.4) is 0 Å². The number of carbonyl (C=O) groups is 1. The monoisotopic (exact) mass is 267 g/mol. The zero-order chi connectivity index (χ0) is 13.9. The van der Waals surface area contributed by atoms with Gasteiger partial charge in [0.1, 0.15) is 5.78 Å². The SMILES string of the molecule is CC(CC(=O)CC1=CCCC1)c1c[nH]c2ccccc12. The Bertz CT molecular complexity index is 650. The molecule has 0 radical (unpaired) electrons. The van der Waals surface area contributed by atoms with Crippen LogP contribution in [0.4, 0.5) is 0 Å². The number of nitrogens with one attached hydrogen (secondary N) is 1. The van der Waals surface area contributed by atoms with Crippen LogP contribution >= 0.6 is 0 Å². The third-order valence-corrected chi connectivity index (χ3v) is 4.25. The Hall–Kier alpha value is -1.83. The van der Waals surface area contributed by atoms with Crippen LogP contribution in [0.25, 0.3) is 10.9 Å². The Balaban J connectivity index is 1.69. The van der Waals surface area contributed by atoms with Gasteiger partial charge in [0.15, 0.2) is 0 Å².